The summed E-state index contributed by atoms with van der Waals surface area (Å²) in [4.78, 5) is 2.07. The highest BCUT2D eigenvalue weighted by molar-refractivity contribution is 6.30. The molecule has 0 aliphatic carbocycles. The van der Waals surface area contributed by atoms with Gasteiger partial charge in [-0.2, -0.15) is 0 Å². The molecule has 2 heteroatoms. The molecular formula is C15H20ClN. The number of hydrogen-bond acceptors (Lipinski definition) is 1. The fraction of sp³-hybridized carbons (Fsp3) is 0.333. The molecule has 1 rings (SSSR count). The van der Waals surface area contributed by atoms with Gasteiger partial charge in [0.15, 0.2) is 0 Å². The number of hydrogen-bond donors (Lipinski definition) is 0. The molecule has 0 radical (unpaired) electrons. The van der Waals surface area contributed by atoms with Crippen LogP contribution in [-0.4, -0.2) is 11.4 Å². The molecule has 0 fully saturated rings. The van der Waals surface area contributed by atoms with Crippen molar-refractivity contribution in [3.05, 3.63) is 54.2 Å². The predicted molar refractivity (Wildman–Crippen MR) is 76.8 cm³/mol. The molecule has 0 amide bonds. The van der Waals surface area contributed by atoms with E-state index in [1.54, 1.807) is 0 Å². The third kappa shape index (κ3) is 4.27. The monoisotopic (exact) mass is 249 g/mol. The largest absolute Gasteiger partial charge is 0.348 e. The molecule has 0 aliphatic rings. The molecule has 0 spiro atoms. The zero-order valence-corrected chi connectivity index (χ0v) is 11.6. The fourth-order valence-corrected chi connectivity index (χ4v) is 1.72. The Morgan fingerprint density at radius 1 is 1.29 bits per heavy atom. The molecule has 0 N–H and O–H groups in total. The maximum absolute atomic E-state index is 5.87. The summed E-state index contributed by atoms with van der Waals surface area (Å²) in [5.41, 5.74) is 2.22. The highest BCUT2D eigenvalue weighted by Gasteiger charge is 2.16. The van der Waals surface area contributed by atoms with Gasteiger partial charge in [-0.05, 0) is 29.3 Å². The molecule has 0 heterocycles. The second-order valence-corrected chi connectivity index (χ2v) is 5.76. The molecule has 0 aromatic heterocycles. The van der Waals surface area contributed by atoms with E-state index in [4.69, 9.17) is 11.6 Å². The maximum Gasteiger partial charge on any atom is 0.0406 e. The van der Waals surface area contributed by atoms with Crippen LogP contribution in [0, 0.1) is 5.41 Å². The van der Waals surface area contributed by atoms with Crippen LogP contribution in [0.1, 0.15) is 26.3 Å². The summed E-state index contributed by atoms with van der Waals surface area (Å²) in [6.07, 6.45) is 1.82. The molecule has 1 aromatic carbocycles. The molecule has 17 heavy (non-hydrogen) atoms. The van der Waals surface area contributed by atoms with E-state index in [1.807, 2.05) is 30.5 Å². The lowest BCUT2D eigenvalue weighted by atomic mass is 9.95. The lowest BCUT2D eigenvalue weighted by molar-refractivity contribution is 0.316. The van der Waals surface area contributed by atoms with Crippen molar-refractivity contribution in [2.75, 3.05) is 6.54 Å². The average molecular weight is 250 g/mol. The molecule has 0 aliphatic heterocycles. The van der Waals surface area contributed by atoms with Crippen LogP contribution in [0.5, 0.6) is 0 Å². The Balaban J connectivity index is 2.86. The third-order valence-corrected chi connectivity index (χ3v) is 2.64. The van der Waals surface area contributed by atoms with Crippen LogP contribution in [0.2, 0.25) is 5.02 Å². The number of benzene rings is 1. The van der Waals surface area contributed by atoms with Crippen molar-refractivity contribution in [2.24, 2.45) is 5.41 Å². The summed E-state index contributed by atoms with van der Waals surface area (Å²) in [5, 5.41) is 0.738. The first-order valence-corrected chi connectivity index (χ1v) is 6.05. The van der Waals surface area contributed by atoms with Crippen LogP contribution in [0.25, 0.3) is 5.70 Å². The molecule has 0 bridgehead atoms. The van der Waals surface area contributed by atoms with E-state index in [9.17, 15) is 0 Å². The van der Waals surface area contributed by atoms with Crippen LogP contribution in [-0.2, 0) is 0 Å². The van der Waals surface area contributed by atoms with Gasteiger partial charge in [-0.3, -0.25) is 0 Å². The topological polar surface area (TPSA) is 3.24 Å². The van der Waals surface area contributed by atoms with Gasteiger partial charge >= 0.3 is 0 Å². The van der Waals surface area contributed by atoms with Crippen LogP contribution in [0.4, 0.5) is 0 Å². The lowest BCUT2D eigenvalue weighted by Gasteiger charge is -2.30. The summed E-state index contributed by atoms with van der Waals surface area (Å²) in [6.45, 7) is 15.4. The van der Waals surface area contributed by atoms with Crippen molar-refractivity contribution < 1.29 is 0 Å². The van der Waals surface area contributed by atoms with E-state index in [-0.39, 0.29) is 5.41 Å². The van der Waals surface area contributed by atoms with Gasteiger partial charge in [0.05, 0.1) is 0 Å². The second-order valence-electron chi connectivity index (χ2n) is 5.32. The predicted octanol–water partition coefficient (Wildman–Crippen LogP) is 4.80. The zero-order valence-electron chi connectivity index (χ0n) is 10.8. The van der Waals surface area contributed by atoms with Gasteiger partial charge in [0.2, 0.25) is 0 Å². The van der Waals surface area contributed by atoms with E-state index in [2.05, 4.69) is 38.8 Å². The summed E-state index contributed by atoms with van der Waals surface area (Å²) in [6, 6.07) is 7.70. The highest BCUT2D eigenvalue weighted by Crippen LogP contribution is 2.24. The quantitative estimate of drug-likeness (QED) is 0.741. The lowest BCUT2D eigenvalue weighted by Crippen LogP contribution is -2.26. The first-order chi connectivity index (χ1) is 7.83. The first-order valence-electron chi connectivity index (χ1n) is 5.67. The van der Waals surface area contributed by atoms with Crippen LogP contribution >= 0.6 is 11.6 Å². The Morgan fingerprint density at radius 2 is 1.82 bits per heavy atom. The van der Waals surface area contributed by atoms with Crippen LogP contribution < -0.4 is 0 Å². The van der Waals surface area contributed by atoms with Crippen LogP contribution in [0.3, 0.4) is 0 Å². The van der Waals surface area contributed by atoms with E-state index in [0.717, 1.165) is 22.8 Å². The minimum Gasteiger partial charge on any atom is -0.348 e. The second kappa shape index (κ2) is 5.42. The number of halogens is 1. The van der Waals surface area contributed by atoms with Gasteiger partial charge in [-0.25, -0.2) is 0 Å². The number of rotatable bonds is 4. The smallest absolute Gasteiger partial charge is 0.0406 e. The summed E-state index contributed by atoms with van der Waals surface area (Å²) in [5.74, 6) is 0. The Kier molecular flexibility index (Phi) is 4.41. The fourth-order valence-electron chi connectivity index (χ4n) is 1.59. The van der Waals surface area contributed by atoms with Crippen molar-refractivity contribution in [3.8, 4) is 0 Å². The highest BCUT2D eigenvalue weighted by atomic mass is 35.5. The molecule has 92 valence electrons. The van der Waals surface area contributed by atoms with E-state index < -0.39 is 0 Å². The molecule has 0 atom stereocenters. The van der Waals surface area contributed by atoms with Gasteiger partial charge in [0.25, 0.3) is 0 Å². The van der Waals surface area contributed by atoms with Crippen molar-refractivity contribution in [2.45, 2.75) is 20.8 Å². The minimum atomic E-state index is 0.198. The van der Waals surface area contributed by atoms with Gasteiger partial charge in [0, 0.05) is 17.3 Å². The molecule has 0 saturated heterocycles. The Morgan fingerprint density at radius 3 is 2.24 bits per heavy atom. The van der Waals surface area contributed by atoms with Crippen molar-refractivity contribution in [1.29, 1.82) is 0 Å². The van der Waals surface area contributed by atoms with Crippen molar-refractivity contribution in [1.82, 2.24) is 4.90 Å². The summed E-state index contributed by atoms with van der Waals surface area (Å²) in [7, 11) is 0. The first kappa shape index (κ1) is 13.9. The summed E-state index contributed by atoms with van der Waals surface area (Å²) < 4.78 is 0. The maximum atomic E-state index is 5.87. The molecule has 0 saturated carbocycles. The molecule has 1 nitrogen and oxygen atoms in total. The van der Waals surface area contributed by atoms with Gasteiger partial charge in [-0.1, -0.05) is 57.7 Å². The Bertz CT molecular complexity index is 398. The normalized spacial score (nSPS) is 11.1. The van der Waals surface area contributed by atoms with Crippen LogP contribution in [0.15, 0.2) is 43.6 Å². The Hall–Kier alpha value is -1.21. The number of nitrogens with zero attached hydrogens (tertiary/aromatic N) is 1. The van der Waals surface area contributed by atoms with Gasteiger partial charge < -0.3 is 4.90 Å². The minimum absolute atomic E-state index is 0.198. The van der Waals surface area contributed by atoms with E-state index >= 15 is 0 Å². The van der Waals surface area contributed by atoms with E-state index in [0.29, 0.717) is 0 Å². The Labute approximate surface area is 109 Å². The zero-order chi connectivity index (χ0) is 13.1. The van der Waals surface area contributed by atoms with Crippen molar-refractivity contribution in [3.63, 3.8) is 0 Å². The van der Waals surface area contributed by atoms with Crippen molar-refractivity contribution >= 4 is 17.3 Å². The average Bonchev–Trinajstić information content (AvgIpc) is 2.25. The third-order valence-electron chi connectivity index (χ3n) is 2.39. The molecule has 0 unspecified atom stereocenters. The van der Waals surface area contributed by atoms with Gasteiger partial charge in [0.1, 0.15) is 0 Å². The standard InChI is InChI=1S/C15H20ClN/c1-6-17(11-15(3,4)5)12(2)13-7-9-14(16)10-8-13/h6-10H,1-2,11H2,3-5H3. The van der Waals surface area contributed by atoms with Gasteiger partial charge in [-0.15, -0.1) is 0 Å². The SMILES string of the molecule is C=CN(CC(C)(C)C)C(=C)c1ccc(Cl)cc1. The summed E-state index contributed by atoms with van der Waals surface area (Å²) >= 11 is 5.87. The van der Waals surface area contributed by atoms with E-state index in [1.165, 1.54) is 0 Å². The molecule has 1 aromatic rings. The molecular weight excluding hydrogens is 230 g/mol.